The molecule has 5 heteroatoms. The van der Waals surface area contributed by atoms with Crippen molar-refractivity contribution >= 4 is 5.97 Å². The third kappa shape index (κ3) is 29.2. The Balaban J connectivity index is 0. The molecule has 0 atom stereocenters. The molecule has 0 rings (SSSR count). The molecule has 0 heterocycles. The minimum Gasteiger partial charge on any atom is -0.481 e. The molecule has 98 valence electrons. The predicted molar refractivity (Wildman–Crippen MR) is 61.6 cm³/mol. The summed E-state index contributed by atoms with van der Waals surface area (Å²) in [6.07, 6.45) is 3.60. The zero-order chi connectivity index (χ0) is 12.6. The Labute approximate surface area is 97.4 Å². The Kier molecular flexibility index (Phi) is 18.6. The van der Waals surface area contributed by atoms with E-state index in [1.165, 1.54) is 12.8 Å². The lowest BCUT2D eigenvalue weighted by atomic mass is 10.3. The van der Waals surface area contributed by atoms with Gasteiger partial charge >= 0.3 is 0 Å². The van der Waals surface area contributed by atoms with Crippen LogP contribution in [0.25, 0.3) is 0 Å². The fourth-order valence-corrected chi connectivity index (χ4v) is 0.841. The summed E-state index contributed by atoms with van der Waals surface area (Å²) in [4.78, 5) is 9.00. The van der Waals surface area contributed by atoms with Gasteiger partial charge in [0.15, 0.2) is 0 Å². The lowest BCUT2D eigenvalue weighted by Gasteiger charge is -2.03. The molecule has 0 spiro atoms. The standard InChI is InChI=1S/C9H20O3.C2H4O2/c1-2-3-4-6-11-8-9-12-7-5-10;1-2(3)4/h10H,2-9H2,1H3;1H3,(H,3,4). The number of rotatable bonds is 9. The van der Waals surface area contributed by atoms with Crippen LogP contribution in [0.4, 0.5) is 0 Å². The lowest BCUT2D eigenvalue weighted by Crippen LogP contribution is -2.07. The summed E-state index contributed by atoms with van der Waals surface area (Å²) < 4.78 is 10.3. The van der Waals surface area contributed by atoms with Crippen LogP contribution in [0.15, 0.2) is 0 Å². The Morgan fingerprint density at radius 1 is 1.06 bits per heavy atom. The van der Waals surface area contributed by atoms with Crippen LogP contribution in [-0.2, 0) is 14.3 Å². The maximum absolute atomic E-state index is 9.00. The number of carboxylic acids is 1. The fourth-order valence-electron chi connectivity index (χ4n) is 0.841. The van der Waals surface area contributed by atoms with Crippen LogP contribution >= 0.6 is 0 Å². The highest BCUT2D eigenvalue weighted by atomic mass is 16.5. The van der Waals surface area contributed by atoms with Gasteiger partial charge in [0, 0.05) is 13.5 Å². The first kappa shape index (κ1) is 17.7. The van der Waals surface area contributed by atoms with Crippen LogP contribution in [0.3, 0.4) is 0 Å². The summed E-state index contributed by atoms with van der Waals surface area (Å²) in [5.41, 5.74) is 0. The minimum atomic E-state index is -0.833. The largest absolute Gasteiger partial charge is 0.481 e. The van der Waals surface area contributed by atoms with Crippen molar-refractivity contribution in [3.05, 3.63) is 0 Å². The van der Waals surface area contributed by atoms with Gasteiger partial charge in [0.25, 0.3) is 5.97 Å². The van der Waals surface area contributed by atoms with Gasteiger partial charge in [0.1, 0.15) is 0 Å². The number of carbonyl (C=O) groups is 1. The van der Waals surface area contributed by atoms with Crippen LogP contribution in [0.2, 0.25) is 0 Å². The van der Waals surface area contributed by atoms with Crippen LogP contribution in [0.1, 0.15) is 33.1 Å². The monoisotopic (exact) mass is 236 g/mol. The van der Waals surface area contributed by atoms with Crippen molar-refractivity contribution in [1.82, 2.24) is 0 Å². The number of aliphatic hydroxyl groups is 1. The molecule has 0 bridgehead atoms. The Hall–Kier alpha value is -0.650. The van der Waals surface area contributed by atoms with Gasteiger partial charge in [-0.1, -0.05) is 19.8 Å². The van der Waals surface area contributed by atoms with Gasteiger partial charge in [-0.15, -0.1) is 0 Å². The highest BCUT2D eigenvalue weighted by molar-refractivity contribution is 5.62. The van der Waals surface area contributed by atoms with E-state index in [9.17, 15) is 0 Å². The maximum Gasteiger partial charge on any atom is 0.300 e. The zero-order valence-electron chi connectivity index (χ0n) is 10.3. The number of aliphatic hydroxyl groups excluding tert-OH is 1. The van der Waals surface area contributed by atoms with Gasteiger partial charge in [0.2, 0.25) is 0 Å². The maximum atomic E-state index is 9.00. The SMILES string of the molecule is CC(=O)O.CCCCCOCCOCCO. The highest BCUT2D eigenvalue weighted by Gasteiger charge is 1.89. The van der Waals surface area contributed by atoms with Crippen LogP contribution in [-0.4, -0.2) is 49.2 Å². The number of hydrogen-bond donors (Lipinski definition) is 2. The zero-order valence-corrected chi connectivity index (χ0v) is 10.3. The fraction of sp³-hybridized carbons (Fsp3) is 0.909. The molecule has 0 fully saturated rings. The molecule has 0 amide bonds. The van der Waals surface area contributed by atoms with Crippen LogP contribution < -0.4 is 0 Å². The average molecular weight is 236 g/mol. The molecule has 0 aromatic rings. The molecule has 0 aliphatic heterocycles. The van der Waals surface area contributed by atoms with Gasteiger partial charge in [-0.3, -0.25) is 4.79 Å². The van der Waals surface area contributed by atoms with E-state index < -0.39 is 5.97 Å². The Morgan fingerprint density at radius 2 is 1.56 bits per heavy atom. The molecular formula is C11H24O5. The van der Waals surface area contributed by atoms with Gasteiger partial charge in [-0.05, 0) is 6.42 Å². The van der Waals surface area contributed by atoms with E-state index in [1.54, 1.807) is 0 Å². The summed E-state index contributed by atoms with van der Waals surface area (Å²) in [6.45, 7) is 5.82. The average Bonchev–Trinajstić information content (AvgIpc) is 2.21. The second-order valence-electron chi connectivity index (χ2n) is 3.17. The Bertz CT molecular complexity index is 124. The summed E-state index contributed by atoms with van der Waals surface area (Å²) in [5.74, 6) is -0.833. The number of unbranched alkanes of at least 4 members (excludes halogenated alkanes) is 2. The van der Waals surface area contributed by atoms with Gasteiger partial charge < -0.3 is 19.7 Å². The van der Waals surface area contributed by atoms with Crippen molar-refractivity contribution < 1.29 is 24.5 Å². The normalized spacial score (nSPS) is 9.44. The predicted octanol–water partition coefficient (Wildman–Crippen LogP) is 1.29. The summed E-state index contributed by atoms with van der Waals surface area (Å²) >= 11 is 0. The highest BCUT2D eigenvalue weighted by Crippen LogP contribution is 1.93. The molecule has 0 aliphatic carbocycles. The van der Waals surface area contributed by atoms with E-state index in [0.29, 0.717) is 19.8 Å². The number of carboxylic acid groups (broad SMARTS) is 1. The third-order valence-corrected chi connectivity index (χ3v) is 1.50. The molecule has 0 aromatic heterocycles. The summed E-state index contributed by atoms with van der Waals surface area (Å²) in [5, 5.41) is 15.8. The van der Waals surface area contributed by atoms with E-state index in [4.69, 9.17) is 24.5 Å². The first-order valence-corrected chi connectivity index (χ1v) is 5.61. The second kappa shape index (κ2) is 16.8. The van der Waals surface area contributed by atoms with Crippen molar-refractivity contribution in [3.8, 4) is 0 Å². The van der Waals surface area contributed by atoms with Crippen molar-refractivity contribution in [2.24, 2.45) is 0 Å². The van der Waals surface area contributed by atoms with Gasteiger partial charge in [0.05, 0.1) is 26.4 Å². The quantitative estimate of drug-likeness (QED) is 0.590. The first-order valence-electron chi connectivity index (χ1n) is 5.61. The number of ether oxygens (including phenoxy) is 2. The van der Waals surface area contributed by atoms with Crippen LogP contribution in [0.5, 0.6) is 0 Å². The summed E-state index contributed by atoms with van der Waals surface area (Å²) in [6, 6.07) is 0. The molecule has 0 unspecified atom stereocenters. The Morgan fingerprint density at radius 3 is 2.00 bits per heavy atom. The third-order valence-electron chi connectivity index (χ3n) is 1.50. The molecule has 5 nitrogen and oxygen atoms in total. The molecule has 0 aromatic carbocycles. The van der Waals surface area contributed by atoms with Crippen molar-refractivity contribution in [3.63, 3.8) is 0 Å². The van der Waals surface area contributed by atoms with Crippen LogP contribution in [0, 0.1) is 0 Å². The van der Waals surface area contributed by atoms with Crippen molar-refractivity contribution in [1.29, 1.82) is 0 Å². The van der Waals surface area contributed by atoms with Gasteiger partial charge in [-0.2, -0.15) is 0 Å². The van der Waals surface area contributed by atoms with Crippen molar-refractivity contribution in [2.75, 3.05) is 33.0 Å². The molecule has 2 N–H and O–H groups in total. The van der Waals surface area contributed by atoms with E-state index >= 15 is 0 Å². The minimum absolute atomic E-state index is 0.0931. The number of hydrogen-bond acceptors (Lipinski definition) is 4. The molecule has 0 aliphatic rings. The number of aliphatic carboxylic acids is 1. The second-order valence-corrected chi connectivity index (χ2v) is 3.17. The van der Waals surface area contributed by atoms with E-state index in [-0.39, 0.29) is 6.61 Å². The molecule has 0 radical (unpaired) electrons. The van der Waals surface area contributed by atoms with E-state index in [0.717, 1.165) is 20.0 Å². The molecular weight excluding hydrogens is 212 g/mol. The molecule has 0 saturated carbocycles. The lowest BCUT2D eigenvalue weighted by molar-refractivity contribution is -0.134. The smallest absolute Gasteiger partial charge is 0.300 e. The first-order chi connectivity index (χ1) is 7.65. The van der Waals surface area contributed by atoms with E-state index in [1.807, 2.05) is 0 Å². The topological polar surface area (TPSA) is 76.0 Å². The molecule has 16 heavy (non-hydrogen) atoms. The van der Waals surface area contributed by atoms with Crippen molar-refractivity contribution in [2.45, 2.75) is 33.1 Å². The van der Waals surface area contributed by atoms with E-state index in [2.05, 4.69) is 6.92 Å². The summed E-state index contributed by atoms with van der Waals surface area (Å²) in [7, 11) is 0. The molecule has 0 saturated heterocycles. The van der Waals surface area contributed by atoms with Gasteiger partial charge in [-0.25, -0.2) is 0 Å².